The summed E-state index contributed by atoms with van der Waals surface area (Å²) in [6.45, 7) is 2.46. The Labute approximate surface area is 108 Å². The first-order chi connectivity index (χ1) is 8.68. The summed E-state index contributed by atoms with van der Waals surface area (Å²) >= 11 is 0. The van der Waals surface area contributed by atoms with Crippen LogP contribution in [0.3, 0.4) is 0 Å². The zero-order valence-electron chi connectivity index (χ0n) is 10.6. The maximum Gasteiger partial charge on any atom is 0.116 e. The molecule has 0 radical (unpaired) electrons. The molecule has 0 aliphatic carbocycles. The normalized spacial score (nSPS) is 14.2. The predicted octanol–water partition coefficient (Wildman–Crippen LogP) is 2.58. The van der Waals surface area contributed by atoms with Crippen molar-refractivity contribution < 1.29 is 5.11 Å². The van der Waals surface area contributed by atoms with Crippen LogP contribution < -0.4 is 5.73 Å². The Morgan fingerprint density at radius 2 is 1.61 bits per heavy atom. The highest BCUT2D eigenvalue weighted by atomic mass is 16.3. The number of nitrogens with two attached hydrogens (primary N) is 1. The van der Waals surface area contributed by atoms with Crippen molar-refractivity contribution >= 4 is 0 Å². The molecule has 0 heterocycles. The molecule has 0 bridgehead atoms. The van der Waals surface area contributed by atoms with Gasteiger partial charge >= 0.3 is 0 Å². The second kappa shape index (κ2) is 5.34. The lowest BCUT2D eigenvalue weighted by atomic mass is 9.81. The van der Waals surface area contributed by atoms with Gasteiger partial charge in [-0.15, -0.1) is 0 Å². The van der Waals surface area contributed by atoms with Crippen molar-refractivity contribution in [3.05, 3.63) is 71.3 Å². The zero-order chi connectivity index (χ0) is 13.0. The second-order valence-corrected chi connectivity index (χ2v) is 4.58. The van der Waals surface area contributed by atoms with E-state index in [9.17, 15) is 5.11 Å². The highest BCUT2D eigenvalue weighted by Crippen LogP contribution is 2.34. The zero-order valence-corrected chi connectivity index (χ0v) is 10.6. The van der Waals surface area contributed by atoms with Crippen molar-refractivity contribution in [2.24, 2.45) is 5.73 Å². The molecule has 0 spiro atoms. The summed E-state index contributed by atoms with van der Waals surface area (Å²) < 4.78 is 0. The summed E-state index contributed by atoms with van der Waals surface area (Å²) in [5, 5.41) is 11.1. The van der Waals surface area contributed by atoms with E-state index in [4.69, 9.17) is 5.73 Å². The van der Waals surface area contributed by atoms with Gasteiger partial charge in [0.1, 0.15) is 5.60 Å². The fraction of sp³-hybridized carbons (Fsp3) is 0.250. The van der Waals surface area contributed by atoms with Crippen molar-refractivity contribution in [3.63, 3.8) is 0 Å². The van der Waals surface area contributed by atoms with Gasteiger partial charge in [0.05, 0.1) is 0 Å². The maximum absolute atomic E-state index is 11.1. The second-order valence-electron chi connectivity index (χ2n) is 4.58. The number of hydrogen-bond donors (Lipinski definition) is 2. The van der Waals surface area contributed by atoms with Crippen molar-refractivity contribution in [1.82, 2.24) is 0 Å². The van der Waals surface area contributed by atoms with E-state index in [-0.39, 0.29) is 0 Å². The molecule has 0 saturated heterocycles. The molecule has 0 saturated carbocycles. The van der Waals surface area contributed by atoms with Crippen molar-refractivity contribution in [2.45, 2.75) is 18.9 Å². The molecule has 2 aromatic carbocycles. The summed E-state index contributed by atoms with van der Waals surface area (Å²) in [6.07, 6.45) is 0.516. The van der Waals surface area contributed by atoms with E-state index in [1.54, 1.807) is 0 Å². The largest absolute Gasteiger partial charge is 0.380 e. The van der Waals surface area contributed by atoms with Gasteiger partial charge in [0.25, 0.3) is 0 Å². The lowest BCUT2D eigenvalue weighted by molar-refractivity contribution is 0.0731. The van der Waals surface area contributed by atoms with Crippen LogP contribution in [0, 0.1) is 6.92 Å². The molecule has 3 N–H and O–H groups in total. The number of benzene rings is 2. The summed E-state index contributed by atoms with van der Waals surface area (Å²) in [7, 11) is 0. The van der Waals surface area contributed by atoms with Crippen molar-refractivity contribution in [1.29, 1.82) is 0 Å². The number of hydrogen-bond acceptors (Lipinski definition) is 2. The van der Waals surface area contributed by atoms with Crippen LogP contribution >= 0.6 is 0 Å². The molecule has 2 heteroatoms. The van der Waals surface area contributed by atoms with E-state index < -0.39 is 5.60 Å². The Balaban J connectivity index is 2.55. The van der Waals surface area contributed by atoms with E-state index >= 15 is 0 Å². The van der Waals surface area contributed by atoms with Gasteiger partial charge in [0.2, 0.25) is 0 Å². The molecule has 1 atom stereocenters. The van der Waals surface area contributed by atoms with Gasteiger partial charge in [0, 0.05) is 0 Å². The van der Waals surface area contributed by atoms with Gasteiger partial charge in [-0.2, -0.15) is 0 Å². The fourth-order valence-corrected chi connectivity index (χ4v) is 2.39. The molecule has 0 aliphatic heterocycles. The molecule has 2 rings (SSSR count). The average molecular weight is 241 g/mol. The van der Waals surface area contributed by atoms with Crippen LogP contribution in [0.2, 0.25) is 0 Å². The van der Waals surface area contributed by atoms with Gasteiger partial charge < -0.3 is 10.8 Å². The Kier molecular flexibility index (Phi) is 3.80. The summed E-state index contributed by atoms with van der Waals surface area (Å²) in [4.78, 5) is 0. The van der Waals surface area contributed by atoms with Gasteiger partial charge in [-0.3, -0.25) is 0 Å². The van der Waals surface area contributed by atoms with Gasteiger partial charge in [-0.25, -0.2) is 0 Å². The highest BCUT2D eigenvalue weighted by molar-refractivity contribution is 5.40. The SMILES string of the molecule is Cc1ccccc1[C@@](O)(CCN)c1ccccc1. The molecule has 0 aliphatic rings. The summed E-state index contributed by atoms with van der Waals surface area (Å²) in [5.41, 5.74) is 7.59. The van der Waals surface area contributed by atoms with Crippen LogP contribution in [0.5, 0.6) is 0 Å². The first-order valence-electron chi connectivity index (χ1n) is 6.22. The molecule has 2 aromatic rings. The molecule has 0 amide bonds. The molecule has 18 heavy (non-hydrogen) atoms. The fourth-order valence-electron chi connectivity index (χ4n) is 2.39. The Hall–Kier alpha value is -1.64. The van der Waals surface area contributed by atoms with Gasteiger partial charge in [-0.05, 0) is 36.6 Å². The lowest BCUT2D eigenvalue weighted by Crippen LogP contribution is -2.31. The van der Waals surface area contributed by atoms with Crippen LogP contribution in [0.1, 0.15) is 23.1 Å². The number of aliphatic hydroxyl groups is 1. The lowest BCUT2D eigenvalue weighted by Gasteiger charge is -2.30. The van der Waals surface area contributed by atoms with Gasteiger partial charge in [-0.1, -0.05) is 54.6 Å². The molecular formula is C16H19NO. The third kappa shape index (κ3) is 2.30. The van der Waals surface area contributed by atoms with E-state index in [1.165, 1.54) is 0 Å². The quantitative estimate of drug-likeness (QED) is 0.864. The first-order valence-corrected chi connectivity index (χ1v) is 6.22. The minimum absolute atomic E-state index is 0.444. The third-order valence-corrected chi connectivity index (χ3v) is 3.35. The van der Waals surface area contributed by atoms with Crippen LogP contribution in [-0.4, -0.2) is 11.7 Å². The van der Waals surface area contributed by atoms with Crippen LogP contribution in [0.15, 0.2) is 54.6 Å². The molecule has 2 nitrogen and oxygen atoms in total. The van der Waals surface area contributed by atoms with E-state index in [1.807, 2.05) is 61.5 Å². The van der Waals surface area contributed by atoms with Crippen LogP contribution in [0.25, 0.3) is 0 Å². The maximum atomic E-state index is 11.1. The molecule has 0 aromatic heterocycles. The minimum Gasteiger partial charge on any atom is -0.380 e. The van der Waals surface area contributed by atoms with Gasteiger partial charge in [0.15, 0.2) is 0 Å². The topological polar surface area (TPSA) is 46.2 Å². The van der Waals surface area contributed by atoms with E-state index in [2.05, 4.69) is 0 Å². The summed E-state index contributed by atoms with van der Waals surface area (Å²) in [5.74, 6) is 0. The average Bonchev–Trinajstić information content (AvgIpc) is 2.40. The third-order valence-electron chi connectivity index (χ3n) is 3.35. The van der Waals surface area contributed by atoms with Crippen LogP contribution in [0.4, 0.5) is 0 Å². The standard InChI is InChI=1S/C16H19NO/c1-13-7-5-6-10-15(13)16(18,11-12-17)14-8-3-2-4-9-14/h2-10,18H,11-12,17H2,1H3/t16-/m1/s1. The smallest absolute Gasteiger partial charge is 0.116 e. The van der Waals surface area contributed by atoms with E-state index in [0.717, 1.165) is 16.7 Å². The number of rotatable bonds is 4. The molecule has 94 valence electrons. The molecular weight excluding hydrogens is 222 g/mol. The monoisotopic (exact) mass is 241 g/mol. The Bertz CT molecular complexity index is 510. The van der Waals surface area contributed by atoms with Crippen LogP contribution in [-0.2, 0) is 5.60 Å². The molecule has 0 unspecified atom stereocenters. The van der Waals surface area contributed by atoms with Crippen molar-refractivity contribution in [2.75, 3.05) is 6.54 Å². The van der Waals surface area contributed by atoms with E-state index in [0.29, 0.717) is 13.0 Å². The number of aryl methyl sites for hydroxylation is 1. The predicted molar refractivity (Wildman–Crippen MR) is 74.3 cm³/mol. The Morgan fingerprint density at radius 3 is 2.22 bits per heavy atom. The minimum atomic E-state index is -0.999. The highest BCUT2D eigenvalue weighted by Gasteiger charge is 2.31. The van der Waals surface area contributed by atoms with Crippen molar-refractivity contribution in [3.8, 4) is 0 Å². The first kappa shape index (κ1) is 12.8. The summed E-state index contributed by atoms with van der Waals surface area (Å²) in [6, 6.07) is 17.6. The molecule has 0 fully saturated rings. The Morgan fingerprint density at radius 1 is 1.00 bits per heavy atom.